The van der Waals surface area contributed by atoms with Crippen molar-refractivity contribution in [3.63, 3.8) is 0 Å². The van der Waals surface area contributed by atoms with Gasteiger partial charge in [-0.3, -0.25) is 4.55 Å². The Balaban J connectivity index is 2.57. The van der Waals surface area contributed by atoms with Crippen molar-refractivity contribution >= 4 is 10.3 Å². The van der Waals surface area contributed by atoms with E-state index < -0.39 is 10.3 Å². The van der Waals surface area contributed by atoms with Crippen molar-refractivity contribution in [3.8, 4) is 0 Å². The highest BCUT2D eigenvalue weighted by molar-refractivity contribution is 7.83. The maximum atomic E-state index is 10.6. The molecule has 0 aromatic heterocycles. The molecule has 0 spiro atoms. The molecule has 0 aliphatic carbocycles. The van der Waals surface area contributed by atoms with Gasteiger partial charge >= 0.3 is 10.3 Å². The Bertz CT molecular complexity index is 206. The molecule has 0 bridgehead atoms. The maximum absolute atomic E-state index is 10.6. The van der Waals surface area contributed by atoms with E-state index >= 15 is 0 Å². The van der Waals surface area contributed by atoms with E-state index in [1.807, 2.05) is 0 Å². The molecule has 0 unspecified atom stereocenters. The third kappa shape index (κ3) is 2.74. The quantitative estimate of drug-likeness (QED) is 0.547. The van der Waals surface area contributed by atoms with Crippen molar-refractivity contribution < 1.29 is 13.0 Å². The molecule has 5 nitrogen and oxygen atoms in total. The van der Waals surface area contributed by atoms with Crippen LogP contribution in [0.3, 0.4) is 0 Å². The smallest absolute Gasteiger partial charge is 0.272 e. The first-order valence-electron chi connectivity index (χ1n) is 3.59. The molecule has 0 atom stereocenters. The van der Waals surface area contributed by atoms with Gasteiger partial charge in [-0.15, -0.1) is 4.41 Å². The Kier molecular flexibility index (Phi) is 2.83. The summed E-state index contributed by atoms with van der Waals surface area (Å²) in [5.74, 6) is 0. The lowest BCUT2D eigenvalue weighted by atomic mass is 10.2. The van der Waals surface area contributed by atoms with Crippen LogP contribution in [0.1, 0.15) is 19.3 Å². The Labute approximate surface area is 66.2 Å². The van der Waals surface area contributed by atoms with Crippen LogP contribution in [0.25, 0.3) is 0 Å². The highest BCUT2D eigenvalue weighted by Crippen LogP contribution is 2.04. The Morgan fingerprint density at radius 1 is 1.27 bits per heavy atom. The van der Waals surface area contributed by atoms with Gasteiger partial charge in [-0.2, -0.15) is 8.42 Å². The van der Waals surface area contributed by atoms with Gasteiger partial charge in [0.25, 0.3) is 0 Å². The molecule has 11 heavy (non-hydrogen) atoms. The zero-order valence-corrected chi connectivity index (χ0v) is 6.97. The van der Waals surface area contributed by atoms with E-state index in [-0.39, 0.29) is 0 Å². The Morgan fingerprint density at radius 3 is 2.64 bits per heavy atom. The largest absolute Gasteiger partial charge is 0.348 e. The summed E-state index contributed by atoms with van der Waals surface area (Å²) in [6.07, 6.45) is 2.75. The third-order valence-electron chi connectivity index (χ3n) is 1.60. The first-order chi connectivity index (χ1) is 5.11. The number of hydrogen-bond donors (Lipinski definition) is 2. The van der Waals surface area contributed by atoms with E-state index in [2.05, 4.69) is 5.43 Å². The van der Waals surface area contributed by atoms with Gasteiger partial charge < -0.3 is 0 Å². The Morgan fingerprint density at radius 2 is 2.00 bits per heavy atom. The SMILES string of the molecule is O=S(=O)(O)N1CCCCCN1. The minimum absolute atomic E-state index is 0.360. The van der Waals surface area contributed by atoms with Gasteiger partial charge in [0.1, 0.15) is 0 Å². The van der Waals surface area contributed by atoms with Crippen molar-refractivity contribution in [1.29, 1.82) is 0 Å². The van der Waals surface area contributed by atoms with Gasteiger partial charge in [-0.1, -0.05) is 6.42 Å². The molecule has 0 radical (unpaired) electrons. The summed E-state index contributed by atoms with van der Waals surface area (Å²) in [6, 6.07) is 0. The average Bonchev–Trinajstić information content (AvgIpc) is 2.10. The van der Waals surface area contributed by atoms with E-state index in [0.717, 1.165) is 23.7 Å². The second-order valence-electron chi connectivity index (χ2n) is 2.52. The summed E-state index contributed by atoms with van der Waals surface area (Å²) in [4.78, 5) is 0. The number of rotatable bonds is 1. The van der Waals surface area contributed by atoms with Gasteiger partial charge in [0.2, 0.25) is 0 Å². The molecule has 6 heteroatoms. The predicted octanol–water partition coefficient (Wildman–Crippen LogP) is -0.220. The lowest BCUT2D eigenvalue weighted by Gasteiger charge is -2.15. The average molecular weight is 180 g/mol. The minimum Gasteiger partial charge on any atom is -0.272 e. The second-order valence-corrected chi connectivity index (χ2v) is 3.86. The topological polar surface area (TPSA) is 69.6 Å². The van der Waals surface area contributed by atoms with E-state index in [0.29, 0.717) is 13.1 Å². The standard InChI is InChI=1S/C5H12N2O3S/c8-11(9,10)7-5-3-1-2-4-6-7/h6H,1-5H2,(H,8,9,10). The summed E-state index contributed by atoms with van der Waals surface area (Å²) in [6.45, 7) is 0.971. The van der Waals surface area contributed by atoms with Gasteiger partial charge in [-0.05, 0) is 12.8 Å². The fourth-order valence-electron chi connectivity index (χ4n) is 1.04. The summed E-state index contributed by atoms with van der Waals surface area (Å²) < 4.78 is 30.6. The molecule has 0 aromatic carbocycles. The molecule has 1 aliphatic heterocycles. The summed E-state index contributed by atoms with van der Waals surface area (Å²) in [7, 11) is -4.03. The van der Waals surface area contributed by atoms with Gasteiger partial charge in [-0.25, -0.2) is 5.43 Å². The van der Waals surface area contributed by atoms with Crippen LogP contribution in [0.15, 0.2) is 0 Å². The third-order valence-corrected chi connectivity index (χ3v) is 2.47. The van der Waals surface area contributed by atoms with Crippen LogP contribution in [-0.4, -0.2) is 30.5 Å². The molecule has 0 aromatic rings. The molecule has 1 saturated heterocycles. The highest BCUT2D eigenvalue weighted by atomic mass is 32.2. The van der Waals surface area contributed by atoms with Crippen molar-refractivity contribution in [2.75, 3.05) is 13.1 Å². The van der Waals surface area contributed by atoms with Crippen molar-refractivity contribution in [3.05, 3.63) is 0 Å². The van der Waals surface area contributed by atoms with Crippen LogP contribution in [-0.2, 0) is 10.3 Å². The highest BCUT2D eigenvalue weighted by Gasteiger charge is 2.19. The maximum Gasteiger partial charge on any atom is 0.348 e. The fourth-order valence-corrected chi connectivity index (χ4v) is 1.65. The number of nitrogens with zero attached hydrogens (tertiary/aromatic N) is 1. The van der Waals surface area contributed by atoms with Crippen LogP contribution in [0, 0.1) is 0 Å². The predicted molar refractivity (Wildman–Crippen MR) is 40.1 cm³/mol. The number of hydrazine groups is 1. The summed E-state index contributed by atoms with van der Waals surface area (Å²) in [5.41, 5.74) is 2.62. The number of nitrogens with one attached hydrogen (secondary N) is 1. The zero-order chi connectivity index (χ0) is 8.32. The normalized spacial score (nSPS) is 23.0. The van der Waals surface area contributed by atoms with E-state index in [9.17, 15) is 8.42 Å². The molecular weight excluding hydrogens is 168 g/mol. The van der Waals surface area contributed by atoms with Gasteiger partial charge in [0.05, 0.1) is 0 Å². The first kappa shape index (κ1) is 8.92. The second kappa shape index (κ2) is 3.48. The van der Waals surface area contributed by atoms with E-state index in [1.165, 1.54) is 0 Å². The van der Waals surface area contributed by atoms with E-state index in [4.69, 9.17) is 4.55 Å². The fraction of sp³-hybridized carbons (Fsp3) is 1.00. The minimum atomic E-state index is -4.03. The molecule has 0 saturated carbocycles. The van der Waals surface area contributed by atoms with Crippen molar-refractivity contribution in [1.82, 2.24) is 9.84 Å². The van der Waals surface area contributed by atoms with Crippen LogP contribution < -0.4 is 5.43 Å². The molecule has 1 heterocycles. The first-order valence-corrected chi connectivity index (χ1v) is 4.99. The Hall–Kier alpha value is -0.170. The van der Waals surface area contributed by atoms with Crippen LogP contribution in [0.4, 0.5) is 0 Å². The molecule has 0 amide bonds. The lowest BCUT2D eigenvalue weighted by molar-refractivity contribution is 0.295. The molecule has 2 N–H and O–H groups in total. The van der Waals surface area contributed by atoms with Gasteiger partial charge in [0, 0.05) is 13.1 Å². The molecular formula is C5H12N2O3S. The van der Waals surface area contributed by atoms with Gasteiger partial charge in [0.15, 0.2) is 0 Å². The summed E-state index contributed by atoms with van der Waals surface area (Å²) >= 11 is 0. The van der Waals surface area contributed by atoms with Crippen molar-refractivity contribution in [2.45, 2.75) is 19.3 Å². The molecule has 1 fully saturated rings. The molecule has 1 aliphatic rings. The monoisotopic (exact) mass is 180 g/mol. The molecule has 66 valence electrons. The summed E-state index contributed by atoms with van der Waals surface area (Å²) in [5, 5.41) is 0. The van der Waals surface area contributed by atoms with E-state index in [1.54, 1.807) is 0 Å². The van der Waals surface area contributed by atoms with Crippen LogP contribution >= 0.6 is 0 Å². The van der Waals surface area contributed by atoms with Crippen LogP contribution in [0.5, 0.6) is 0 Å². The lowest BCUT2D eigenvalue weighted by Crippen LogP contribution is -2.41. The van der Waals surface area contributed by atoms with Crippen molar-refractivity contribution in [2.24, 2.45) is 0 Å². The van der Waals surface area contributed by atoms with Crippen LogP contribution in [0.2, 0.25) is 0 Å². The molecule has 1 rings (SSSR count). The number of hydrogen-bond acceptors (Lipinski definition) is 3. The zero-order valence-electron chi connectivity index (χ0n) is 6.15.